The summed E-state index contributed by atoms with van der Waals surface area (Å²) >= 11 is 0. The Kier molecular flexibility index (Phi) is 4.79. The van der Waals surface area contributed by atoms with Gasteiger partial charge in [0.25, 0.3) is 5.91 Å². The third kappa shape index (κ3) is 3.40. The molecule has 1 fully saturated rings. The van der Waals surface area contributed by atoms with E-state index in [0.717, 1.165) is 12.8 Å². The van der Waals surface area contributed by atoms with E-state index in [1.54, 1.807) is 35.2 Å². The average molecular weight is 324 g/mol. The van der Waals surface area contributed by atoms with E-state index in [1.807, 2.05) is 18.2 Å². The fraction of sp³-hybridized carbons (Fsp3) is 0.263. The fourth-order valence-electron chi connectivity index (χ4n) is 2.99. The number of hydrogen-bond donors (Lipinski definition) is 2. The van der Waals surface area contributed by atoms with E-state index in [9.17, 15) is 14.7 Å². The number of amides is 2. The largest absolute Gasteiger partial charge is 0.506 e. The molecule has 5 nitrogen and oxygen atoms in total. The Hall–Kier alpha value is -2.82. The number of carbonyl (C=O) groups is 2. The highest BCUT2D eigenvalue weighted by atomic mass is 16.3. The third-order valence-electron chi connectivity index (χ3n) is 4.25. The summed E-state index contributed by atoms with van der Waals surface area (Å²) in [5.41, 5.74) is 0.944. The molecule has 24 heavy (non-hydrogen) atoms. The first kappa shape index (κ1) is 16.1. The zero-order valence-corrected chi connectivity index (χ0v) is 13.3. The predicted molar refractivity (Wildman–Crippen MR) is 91.9 cm³/mol. The molecule has 2 amide bonds. The number of phenols is 1. The molecule has 0 aromatic heterocycles. The molecule has 124 valence electrons. The van der Waals surface area contributed by atoms with Crippen molar-refractivity contribution in [1.82, 2.24) is 4.90 Å². The number of anilines is 1. The van der Waals surface area contributed by atoms with E-state index in [1.165, 1.54) is 6.07 Å². The minimum Gasteiger partial charge on any atom is -0.506 e. The van der Waals surface area contributed by atoms with Gasteiger partial charge in [-0.1, -0.05) is 30.3 Å². The number of phenolic OH excluding ortho intramolecular Hbond substituents is 1. The van der Waals surface area contributed by atoms with E-state index >= 15 is 0 Å². The lowest BCUT2D eigenvalue weighted by Crippen LogP contribution is -2.50. The zero-order chi connectivity index (χ0) is 16.9. The van der Waals surface area contributed by atoms with Crippen LogP contribution >= 0.6 is 0 Å². The van der Waals surface area contributed by atoms with Gasteiger partial charge < -0.3 is 15.3 Å². The maximum absolute atomic E-state index is 12.7. The third-order valence-corrected chi connectivity index (χ3v) is 4.25. The second-order valence-electron chi connectivity index (χ2n) is 5.88. The molecule has 1 unspecified atom stereocenters. The van der Waals surface area contributed by atoms with Crippen molar-refractivity contribution in [2.45, 2.75) is 25.3 Å². The maximum Gasteiger partial charge on any atom is 0.254 e. The Bertz CT molecular complexity index is 730. The normalized spacial score (nSPS) is 17.3. The molecule has 0 bridgehead atoms. The lowest BCUT2D eigenvalue weighted by Gasteiger charge is -2.34. The summed E-state index contributed by atoms with van der Waals surface area (Å²) in [5, 5.41) is 12.5. The number of nitrogens with zero attached hydrogens (tertiary/aromatic N) is 1. The van der Waals surface area contributed by atoms with E-state index < -0.39 is 6.04 Å². The molecule has 1 heterocycles. The Balaban J connectivity index is 1.78. The number of rotatable bonds is 3. The van der Waals surface area contributed by atoms with E-state index in [4.69, 9.17) is 0 Å². The molecule has 1 aliphatic heterocycles. The molecule has 2 aromatic rings. The summed E-state index contributed by atoms with van der Waals surface area (Å²) in [6.07, 6.45) is 2.41. The Labute approximate surface area is 140 Å². The van der Waals surface area contributed by atoms with Crippen LogP contribution in [0, 0.1) is 0 Å². The molecule has 1 atom stereocenters. The molecule has 0 spiro atoms. The van der Waals surface area contributed by atoms with Crippen LogP contribution in [0.15, 0.2) is 54.6 Å². The standard InChI is InChI=1S/C19H20N2O3/c22-17-12-5-4-10-15(17)20-18(23)16-11-6-7-13-21(16)19(24)14-8-2-1-3-9-14/h1-5,8-10,12,16,22H,6-7,11,13H2,(H,20,23). The van der Waals surface area contributed by atoms with Crippen molar-refractivity contribution >= 4 is 17.5 Å². The highest BCUT2D eigenvalue weighted by Crippen LogP contribution is 2.25. The van der Waals surface area contributed by atoms with Gasteiger partial charge in [-0.3, -0.25) is 9.59 Å². The predicted octanol–water partition coefficient (Wildman–Crippen LogP) is 3.03. The SMILES string of the molecule is O=C(Nc1ccccc1O)C1CCCCN1C(=O)c1ccccc1. The van der Waals surface area contributed by atoms with E-state index in [0.29, 0.717) is 24.2 Å². The average Bonchev–Trinajstić information content (AvgIpc) is 2.63. The molecular weight excluding hydrogens is 304 g/mol. The minimum absolute atomic E-state index is 0.0163. The molecule has 2 N–H and O–H groups in total. The first-order valence-corrected chi connectivity index (χ1v) is 8.11. The topological polar surface area (TPSA) is 69.6 Å². The van der Waals surface area contributed by atoms with Crippen molar-refractivity contribution in [3.63, 3.8) is 0 Å². The van der Waals surface area contributed by atoms with Crippen molar-refractivity contribution in [3.8, 4) is 5.75 Å². The summed E-state index contributed by atoms with van der Waals surface area (Å²) in [6.45, 7) is 0.562. The number of likely N-dealkylation sites (tertiary alicyclic amines) is 1. The molecule has 0 aliphatic carbocycles. The first-order chi connectivity index (χ1) is 11.7. The number of carbonyl (C=O) groups excluding carboxylic acids is 2. The molecule has 5 heteroatoms. The first-order valence-electron chi connectivity index (χ1n) is 8.11. The van der Waals surface area contributed by atoms with Crippen molar-refractivity contribution < 1.29 is 14.7 Å². The molecule has 1 aliphatic rings. The lowest BCUT2D eigenvalue weighted by atomic mass is 10.00. The van der Waals surface area contributed by atoms with E-state index in [-0.39, 0.29) is 17.6 Å². The second-order valence-corrected chi connectivity index (χ2v) is 5.88. The Morgan fingerprint density at radius 1 is 1.00 bits per heavy atom. The van der Waals surface area contributed by atoms with Crippen LogP contribution in [-0.2, 0) is 4.79 Å². The van der Waals surface area contributed by atoms with Gasteiger partial charge in [-0.2, -0.15) is 0 Å². The summed E-state index contributed by atoms with van der Waals surface area (Å²) in [6, 6.07) is 15.1. The van der Waals surface area contributed by atoms with Gasteiger partial charge in [0.05, 0.1) is 5.69 Å². The van der Waals surface area contributed by atoms with Crippen molar-refractivity contribution in [3.05, 3.63) is 60.2 Å². The summed E-state index contributed by atoms with van der Waals surface area (Å²) in [7, 11) is 0. The summed E-state index contributed by atoms with van der Waals surface area (Å²) in [5.74, 6) is -0.379. The van der Waals surface area contributed by atoms with Crippen LogP contribution in [0.25, 0.3) is 0 Å². The van der Waals surface area contributed by atoms with Gasteiger partial charge in [-0.15, -0.1) is 0 Å². The smallest absolute Gasteiger partial charge is 0.254 e. The lowest BCUT2D eigenvalue weighted by molar-refractivity contribution is -0.121. The number of para-hydroxylation sites is 2. The highest BCUT2D eigenvalue weighted by molar-refractivity contribution is 6.01. The highest BCUT2D eigenvalue weighted by Gasteiger charge is 2.32. The quantitative estimate of drug-likeness (QED) is 0.853. The van der Waals surface area contributed by atoms with Crippen molar-refractivity contribution in [1.29, 1.82) is 0 Å². The van der Waals surface area contributed by atoms with E-state index in [2.05, 4.69) is 5.32 Å². The van der Waals surface area contributed by atoms with Crippen LogP contribution in [0.4, 0.5) is 5.69 Å². The van der Waals surface area contributed by atoms with Gasteiger partial charge in [0.2, 0.25) is 5.91 Å². The number of nitrogens with one attached hydrogen (secondary N) is 1. The van der Waals surface area contributed by atoms with Gasteiger partial charge in [-0.25, -0.2) is 0 Å². The van der Waals surface area contributed by atoms with Crippen LogP contribution in [0.3, 0.4) is 0 Å². The van der Waals surface area contributed by atoms with Gasteiger partial charge in [0.1, 0.15) is 11.8 Å². The maximum atomic E-state index is 12.7. The fourth-order valence-corrected chi connectivity index (χ4v) is 2.99. The van der Waals surface area contributed by atoms with Crippen LogP contribution in [0.2, 0.25) is 0 Å². The van der Waals surface area contributed by atoms with Crippen molar-refractivity contribution in [2.75, 3.05) is 11.9 Å². The second kappa shape index (κ2) is 7.17. The Morgan fingerprint density at radius 3 is 2.46 bits per heavy atom. The number of piperidine rings is 1. The van der Waals surface area contributed by atoms with Gasteiger partial charge >= 0.3 is 0 Å². The van der Waals surface area contributed by atoms with Crippen LogP contribution in [0.1, 0.15) is 29.6 Å². The summed E-state index contributed by atoms with van der Waals surface area (Å²) < 4.78 is 0. The molecule has 2 aromatic carbocycles. The summed E-state index contributed by atoms with van der Waals surface area (Å²) in [4.78, 5) is 27.0. The number of aromatic hydroxyl groups is 1. The van der Waals surface area contributed by atoms with Crippen LogP contribution in [0.5, 0.6) is 5.75 Å². The monoisotopic (exact) mass is 324 g/mol. The zero-order valence-electron chi connectivity index (χ0n) is 13.3. The van der Waals surface area contributed by atoms with Gasteiger partial charge in [-0.05, 0) is 43.5 Å². The number of hydrogen-bond acceptors (Lipinski definition) is 3. The van der Waals surface area contributed by atoms with Crippen molar-refractivity contribution in [2.24, 2.45) is 0 Å². The van der Waals surface area contributed by atoms with Crippen LogP contribution < -0.4 is 5.32 Å². The molecule has 1 saturated heterocycles. The molecule has 0 saturated carbocycles. The minimum atomic E-state index is -0.522. The number of benzene rings is 2. The van der Waals surface area contributed by atoms with Gasteiger partial charge in [0, 0.05) is 12.1 Å². The molecular formula is C19H20N2O3. The molecule has 0 radical (unpaired) electrons. The molecule has 3 rings (SSSR count). The van der Waals surface area contributed by atoms with Crippen LogP contribution in [-0.4, -0.2) is 34.4 Å². The van der Waals surface area contributed by atoms with Gasteiger partial charge in [0.15, 0.2) is 0 Å². The Morgan fingerprint density at radius 2 is 1.71 bits per heavy atom.